The first kappa shape index (κ1) is 27.8. The molecule has 4 heterocycles. The fraction of sp³-hybridized carbons (Fsp3) is 0.152. The number of nitrogen functional groups attached to an aromatic ring is 1. The van der Waals surface area contributed by atoms with E-state index < -0.39 is 0 Å². The molecule has 0 spiro atoms. The van der Waals surface area contributed by atoms with Crippen molar-refractivity contribution in [3.05, 3.63) is 108 Å². The molecule has 1 aliphatic rings. The van der Waals surface area contributed by atoms with Crippen molar-refractivity contribution in [3.8, 4) is 22.4 Å². The number of anilines is 1. The number of aromatic nitrogens is 2. The van der Waals surface area contributed by atoms with Gasteiger partial charge in [-0.3, -0.25) is 14.6 Å². The number of nitrogens with one attached hydrogen (secondary N) is 1. The van der Waals surface area contributed by atoms with Crippen molar-refractivity contribution in [1.29, 1.82) is 0 Å². The number of carbonyl (C=O) groups is 2. The summed E-state index contributed by atoms with van der Waals surface area (Å²) < 4.78 is 25.3. The van der Waals surface area contributed by atoms with Crippen LogP contribution in [0.5, 0.6) is 0 Å². The molecule has 2 amide bonds. The van der Waals surface area contributed by atoms with Crippen LogP contribution in [0.25, 0.3) is 39.4 Å². The van der Waals surface area contributed by atoms with Gasteiger partial charge >= 0.3 is 0 Å². The number of nitrogens with two attached hydrogens (primary N) is 1. The van der Waals surface area contributed by atoms with Crippen LogP contribution in [0, 0.1) is 5.82 Å². The second kappa shape index (κ2) is 12.3. The second-order valence-electron chi connectivity index (χ2n) is 10.1. The van der Waals surface area contributed by atoms with Gasteiger partial charge in [-0.1, -0.05) is 12.1 Å². The van der Waals surface area contributed by atoms with E-state index in [1.165, 1.54) is 18.2 Å². The highest BCUT2D eigenvalue weighted by Crippen LogP contribution is 2.35. The number of amides is 2. The zero-order valence-electron chi connectivity index (χ0n) is 23.1. The van der Waals surface area contributed by atoms with Crippen LogP contribution in [0.3, 0.4) is 0 Å². The molecule has 0 saturated carbocycles. The maximum Gasteiger partial charge on any atom is 0.255 e. The smallest absolute Gasteiger partial charge is 0.255 e. The number of benzene rings is 2. The van der Waals surface area contributed by atoms with Gasteiger partial charge in [0.25, 0.3) is 5.91 Å². The lowest BCUT2D eigenvalue weighted by molar-refractivity contribution is -0.116. The first-order chi connectivity index (χ1) is 20.9. The highest BCUT2D eigenvalue weighted by molar-refractivity contribution is 5.97. The summed E-state index contributed by atoms with van der Waals surface area (Å²) in [5.74, 6) is 0.232. The Hall–Kier alpha value is -5.35. The first-order valence-corrected chi connectivity index (χ1v) is 13.8. The third kappa shape index (κ3) is 6.44. The number of rotatable bonds is 7. The molecule has 0 unspecified atom stereocenters. The fourth-order valence-corrected chi connectivity index (χ4v) is 4.85. The number of carbonyl (C=O) groups excluding carboxylic acids is 2. The van der Waals surface area contributed by atoms with Crippen LogP contribution >= 0.6 is 0 Å². The molecule has 0 aliphatic carbocycles. The number of fused-ring (bicyclic) bond motifs is 1. The van der Waals surface area contributed by atoms with Crippen LogP contribution < -0.4 is 11.1 Å². The molecule has 10 heteroatoms. The molecule has 5 aromatic rings. The second-order valence-corrected chi connectivity index (χ2v) is 10.1. The van der Waals surface area contributed by atoms with Crippen LogP contribution in [-0.2, 0) is 16.1 Å². The topological polar surface area (TPSA) is 124 Å². The molecule has 3 N–H and O–H groups in total. The molecule has 0 radical (unpaired) electrons. The lowest BCUT2D eigenvalue weighted by Crippen LogP contribution is -2.40. The molecule has 1 fully saturated rings. The quantitative estimate of drug-likeness (QED) is 0.259. The molecular weight excluding hydrogens is 549 g/mol. The summed E-state index contributed by atoms with van der Waals surface area (Å²) >= 11 is 0. The summed E-state index contributed by atoms with van der Waals surface area (Å²) in [5.41, 5.74) is 10.4. The van der Waals surface area contributed by atoms with E-state index in [0.29, 0.717) is 54.7 Å². The van der Waals surface area contributed by atoms with Gasteiger partial charge < -0.3 is 25.1 Å². The average molecular weight is 578 g/mol. The van der Waals surface area contributed by atoms with E-state index in [0.717, 1.165) is 27.6 Å². The van der Waals surface area contributed by atoms with E-state index in [1.54, 1.807) is 53.7 Å². The van der Waals surface area contributed by atoms with Gasteiger partial charge in [-0.2, -0.15) is 0 Å². The summed E-state index contributed by atoms with van der Waals surface area (Å²) in [6, 6.07) is 18.9. The predicted octanol–water partition coefficient (Wildman–Crippen LogP) is 5.08. The predicted molar refractivity (Wildman–Crippen MR) is 161 cm³/mol. The normalized spacial score (nSPS) is 13.5. The highest BCUT2D eigenvalue weighted by atomic mass is 19.1. The minimum absolute atomic E-state index is 0.0775. The van der Waals surface area contributed by atoms with E-state index in [2.05, 4.69) is 15.3 Å². The van der Waals surface area contributed by atoms with E-state index in [1.807, 2.05) is 24.3 Å². The Morgan fingerprint density at radius 3 is 2.49 bits per heavy atom. The SMILES string of the molecule is Nc1ccc(C=CC(=O)NCc2cc3cc(-c4ccc(C(=O)N5CCOCC5)cn4)cc(-c4ccc(F)cc4)c3o2)cn1. The van der Waals surface area contributed by atoms with Gasteiger partial charge in [0.15, 0.2) is 0 Å². The standard InChI is InChI=1S/C33H28FN5O4/c34-26-6-3-22(4-7-26)28-17-24(29-8-5-23(19-36-29)33(41)39-11-13-42-14-12-39)15-25-16-27(43-32(25)28)20-38-31(40)10-2-21-1-9-30(35)37-18-21/h1-10,15-19H,11-14,20H2,(H2,35,37)(H,38,40). The Balaban J connectivity index is 1.26. The molecule has 216 valence electrons. The Kier molecular flexibility index (Phi) is 7.92. The summed E-state index contributed by atoms with van der Waals surface area (Å²) in [6.07, 6.45) is 6.22. The number of pyridine rings is 2. The molecule has 9 nitrogen and oxygen atoms in total. The van der Waals surface area contributed by atoms with Crippen molar-refractivity contribution < 1.29 is 23.1 Å². The third-order valence-corrected chi connectivity index (χ3v) is 7.10. The third-order valence-electron chi connectivity index (χ3n) is 7.10. The van der Waals surface area contributed by atoms with Gasteiger partial charge in [-0.25, -0.2) is 9.37 Å². The number of hydrogen-bond donors (Lipinski definition) is 2. The maximum atomic E-state index is 13.7. The zero-order chi connectivity index (χ0) is 29.8. The number of hydrogen-bond acceptors (Lipinski definition) is 7. The van der Waals surface area contributed by atoms with Crippen molar-refractivity contribution in [3.63, 3.8) is 0 Å². The Morgan fingerprint density at radius 2 is 1.77 bits per heavy atom. The van der Waals surface area contributed by atoms with Gasteiger partial charge in [0, 0.05) is 48.1 Å². The largest absolute Gasteiger partial charge is 0.459 e. The highest BCUT2D eigenvalue weighted by Gasteiger charge is 2.19. The molecule has 0 atom stereocenters. The van der Waals surface area contributed by atoms with E-state index in [-0.39, 0.29) is 24.2 Å². The fourth-order valence-electron chi connectivity index (χ4n) is 4.85. The molecule has 43 heavy (non-hydrogen) atoms. The van der Waals surface area contributed by atoms with Crippen LogP contribution in [0.1, 0.15) is 21.7 Å². The number of halogens is 1. The van der Waals surface area contributed by atoms with E-state index >= 15 is 0 Å². The van der Waals surface area contributed by atoms with Gasteiger partial charge in [-0.15, -0.1) is 0 Å². The lowest BCUT2D eigenvalue weighted by Gasteiger charge is -2.26. The molecule has 0 bridgehead atoms. The summed E-state index contributed by atoms with van der Waals surface area (Å²) in [6.45, 7) is 2.32. The Labute approximate surface area is 246 Å². The minimum atomic E-state index is -0.344. The van der Waals surface area contributed by atoms with E-state index in [9.17, 15) is 14.0 Å². The van der Waals surface area contributed by atoms with Crippen LogP contribution in [0.4, 0.5) is 10.2 Å². The van der Waals surface area contributed by atoms with Crippen molar-refractivity contribution in [2.45, 2.75) is 6.54 Å². The number of ether oxygens (including phenoxy) is 1. The van der Waals surface area contributed by atoms with Crippen LogP contribution in [0.15, 0.2) is 89.6 Å². The zero-order valence-corrected chi connectivity index (χ0v) is 23.1. The van der Waals surface area contributed by atoms with Gasteiger partial charge in [0.05, 0.1) is 31.0 Å². The van der Waals surface area contributed by atoms with Gasteiger partial charge in [0.1, 0.15) is 23.0 Å². The summed E-state index contributed by atoms with van der Waals surface area (Å²) in [5, 5.41) is 3.62. The summed E-state index contributed by atoms with van der Waals surface area (Å²) in [7, 11) is 0. The van der Waals surface area contributed by atoms with Crippen LogP contribution in [-0.4, -0.2) is 53.0 Å². The molecule has 1 aliphatic heterocycles. The lowest BCUT2D eigenvalue weighted by atomic mass is 9.98. The monoisotopic (exact) mass is 577 g/mol. The molecule has 3 aromatic heterocycles. The van der Waals surface area contributed by atoms with Gasteiger partial charge in [-0.05, 0) is 71.8 Å². The van der Waals surface area contributed by atoms with Crippen molar-refractivity contribution in [1.82, 2.24) is 20.2 Å². The Morgan fingerprint density at radius 1 is 0.953 bits per heavy atom. The molecule has 2 aromatic carbocycles. The summed E-state index contributed by atoms with van der Waals surface area (Å²) in [4.78, 5) is 35.7. The van der Waals surface area contributed by atoms with Crippen LogP contribution in [0.2, 0.25) is 0 Å². The van der Waals surface area contributed by atoms with E-state index in [4.69, 9.17) is 14.9 Å². The minimum Gasteiger partial charge on any atom is -0.459 e. The number of morpholine rings is 1. The van der Waals surface area contributed by atoms with Gasteiger partial charge in [0.2, 0.25) is 5.91 Å². The van der Waals surface area contributed by atoms with Crippen molar-refractivity contribution in [2.24, 2.45) is 0 Å². The van der Waals surface area contributed by atoms with Crippen molar-refractivity contribution in [2.75, 3.05) is 32.0 Å². The number of nitrogens with zero attached hydrogens (tertiary/aromatic N) is 3. The molecular formula is C33H28FN5O4. The van der Waals surface area contributed by atoms with Crippen molar-refractivity contribution >= 4 is 34.7 Å². The molecule has 6 rings (SSSR count). The average Bonchev–Trinajstić information content (AvgIpc) is 3.47. The number of furan rings is 1. The maximum absolute atomic E-state index is 13.7. The Bertz CT molecular complexity index is 1790. The molecule has 1 saturated heterocycles. The first-order valence-electron chi connectivity index (χ1n) is 13.8.